The molecule has 162 valence electrons. The molecule has 0 fully saturated rings. The molecule has 0 aliphatic rings. The van der Waals surface area contributed by atoms with Crippen molar-refractivity contribution in [1.29, 1.82) is 0 Å². The highest BCUT2D eigenvalue weighted by Gasteiger charge is 2.26. The molecule has 4 nitrogen and oxygen atoms in total. The molecule has 0 bridgehead atoms. The van der Waals surface area contributed by atoms with E-state index in [1.54, 1.807) is 35.7 Å². The smallest absolute Gasteiger partial charge is 0.242 e. The predicted molar refractivity (Wildman–Crippen MR) is 126 cm³/mol. The molecule has 1 atom stereocenters. The van der Waals surface area contributed by atoms with Crippen molar-refractivity contribution >= 4 is 46.8 Å². The van der Waals surface area contributed by atoms with Gasteiger partial charge >= 0.3 is 0 Å². The number of rotatable bonds is 10. The maximum absolute atomic E-state index is 13.0. The van der Waals surface area contributed by atoms with Crippen LogP contribution in [0, 0.1) is 5.92 Å². The molecule has 1 N–H and O–H groups in total. The Morgan fingerprint density at radius 2 is 1.73 bits per heavy atom. The summed E-state index contributed by atoms with van der Waals surface area (Å²) >= 11 is 13.8. The molecule has 0 spiro atoms. The lowest BCUT2D eigenvalue weighted by molar-refractivity contribution is -0.140. The quantitative estimate of drug-likeness (QED) is 0.459. The molecule has 0 saturated carbocycles. The maximum Gasteiger partial charge on any atom is 0.242 e. The van der Waals surface area contributed by atoms with Crippen molar-refractivity contribution in [3.8, 4) is 0 Å². The van der Waals surface area contributed by atoms with Crippen LogP contribution >= 0.6 is 35.0 Å². The van der Waals surface area contributed by atoms with Crippen LogP contribution in [-0.4, -0.2) is 35.1 Å². The summed E-state index contributed by atoms with van der Waals surface area (Å²) in [6.45, 7) is 6.69. The molecule has 7 heteroatoms. The SMILES string of the molecule is CC(C)CNC(=O)[C@@H](C)N(Cc1ccc(Cl)c(Cl)c1)C(=O)CCSc1ccccc1. The third-order valence-corrected chi connectivity index (χ3v) is 6.27. The molecule has 0 aliphatic heterocycles. The predicted octanol–water partition coefficient (Wildman–Crippen LogP) is 5.67. The van der Waals surface area contributed by atoms with Gasteiger partial charge in [-0.2, -0.15) is 0 Å². The summed E-state index contributed by atoms with van der Waals surface area (Å²) in [6.07, 6.45) is 0.336. The van der Waals surface area contributed by atoms with Gasteiger partial charge < -0.3 is 10.2 Å². The van der Waals surface area contributed by atoms with Gasteiger partial charge in [0.2, 0.25) is 11.8 Å². The first-order valence-corrected chi connectivity index (χ1v) is 11.7. The molecular weight excluding hydrogens is 439 g/mol. The Labute approximate surface area is 193 Å². The van der Waals surface area contributed by atoms with Crippen molar-refractivity contribution in [3.05, 3.63) is 64.1 Å². The molecule has 0 unspecified atom stereocenters. The minimum absolute atomic E-state index is 0.0725. The Morgan fingerprint density at radius 1 is 1.03 bits per heavy atom. The van der Waals surface area contributed by atoms with E-state index in [-0.39, 0.29) is 11.8 Å². The first kappa shape index (κ1) is 24.6. The molecule has 2 rings (SSSR count). The molecular formula is C23H28Cl2N2O2S. The number of nitrogens with zero attached hydrogens (tertiary/aromatic N) is 1. The Balaban J connectivity index is 2.08. The lowest BCUT2D eigenvalue weighted by Gasteiger charge is -2.29. The highest BCUT2D eigenvalue weighted by Crippen LogP contribution is 2.24. The summed E-state index contributed by atoms with van der Waals surface area (Å²) in [5.74, 6) is 0.744. The summed E-state index contributed by atoms with van der Waals surface area (Å²) in [5.41, 5.74) is 0.831. The van der Waals surface area contributed by atoms with E-state index in [0.717, 1.165) is 10.5 Å². The summed E-state index contributed by atoms with van der Waals surface area (Å²) < 4.78 is 0. The van der Waals surface area contributed by atoms with Gasteiger partial charge in [0.15, 0.2) is 0 Å². The van der Waals surface area contributed by atoms with Crippen molar-refractivity contribution in [1.82, 2.24) is 10.2 Å². The van der Waals surface area contributed by atoms with Crippen molar-refractivity contribution in [2.45, 2.75) is 44.7 Å². The second-order valence-electron chi connectivity index (χ2n) is 7.50. The molecule has 2 aromatic rings. The van der Waals surface area contributed by atoms with E-state index in [0.29, 0.717) is 41.2 Å². The van der Waals surface area contributed by atoms with Crippen LogP contribution in [0.5, 0.6) is 0 Å². The highest BCUT2D eigenvalue weighted by molar-refractivity contribution is 7.99. The normalized spacial score (nSPS) is 11.9. The van der Waals surface area contributed by atoms with Gasteiger partial charge in [0.25, 0.3) is 0 Å². The van der Waals surface area contributed by atoms with E-state index in [2.05, 4.69) is 5.32 Å². The van der Waals surface area contributed by atoms with Gasteiger partial charge in [0, 0.05) is 30.2 Å². The van der Waals surface area contributed by atoms with E-state index in [1.807, 2.05) is 50.2 Å². The lowest BCUT2D eigenvalue weighted by Crippen LogP contribution is -2.48. The zero-order chi connectivity index (χ0) is 22.1. The van der Waals surface area contributed by atoms with E-state index in [9.17, 15) is 9.59 Å². The van der Waals surface area contributed by atoms with Crippen LogP contribution in [0.4, 0.5) is 0 Å². The standard InChI is InChI=1S/C23H28Cl2N2O2S/c1-16(2)14-26-23(29)17(3)27(15-18-9-10-20(24)21(25)13-18)22(28)11-12-30-19-7-5-4-6-8-19/h4-10,13,16-17H,11-12,14-15H2,1-3H3,(H,26,29)/t17-/m1/s1. The molecule has 0 saturated heterocycles. The molecule has 2 amide bonds. The summed E-state index contributed by atoms with van der Waals surface area (Å²) in [6, 6.07) is 14.6. The monoisotopic (exact) mass is 466 g/mol. The number of hydrogen-bond acceptors (Lipinski definition) is 3. The number of thioether (sulfide) groups is 1. The Kier molecular flexibility index (Phi) is 10.0. The van der Waals surface area contributed by atoms with E-state index in [1.165, 1.54) is 0 Å². The fourth-order valence-corrected chi connectivity index (χ4v) is 3.97. The Hall–Kier alpha value is -1.69. The lowest BCUT2D eigenvalue weighted by atomic mass is 10.1. The van der Waals surface area contributed by atoms with E-state index in [4.69, 9.17) is 23.2 Å². The van der Waals surface area contributed by atoms with Gasteiger partial charge in [-0.3, -0.25) is 9.59 Å². The molecule has 2 aromatic carbocycles. The van der Waals surface area contributed by atoms with Gasteiger partial charge in [-0.1, -0.05) is 61.3 Å². The van der Waals surface area contributed by atoms with Crippen LogP contribution in [0.15, 0.2) is 53.4 Å². The number of benzene rings is 2. The number of halogens is 2. The summed E-state index contributed by atoms with van der Waals surface area (Å²) in [7, 11) is 0. The number of carbonyl (C=O) groups is 2. The zero-order valence-corrected chi connectivity index (χ0v) is 19.9. The molecule has 0 aliphatic carbocycles. The molecule has 30 heavy (non-hydrogen) atoms. The third-order valence-electron chi connectivity index (χ3n) is 4.52. The zero-order valence-electron chi connectivity index (χ0n) is 17.5. The minimum atomic E-state index is -0.590. The van der Waals surface area contributed by atoms with Crippen molar-refractivity contribution in [3.63, 3.8) is 0 Å². The molecule has 0 radical (unpaired) electrons. The summed E-state index contributed by atoms with van der Waals surface area (Å²) in [5, 5.41) is 3.81. The number of amides is 2. The number of carbonyl (C=O) groups excluding carboxylic acids is 2. The van der Waals surface area contributed by atoms with Crippen molar-refractivity contribution < 1.29 is 9.59 Å². The van der Waals surface area contributed by atoms with Gasteiger partial charge in [0.1, 0.15) is 6.04 Å². The van der Waals surface area contributed by atoms with Crippen LogP contribution in [-0.2, 0) is 16.1 Å². The number of nitrogens with one attached hydrogen (secondary N) is 1. The van der Waals surface area contributed by atoms with Gasteiger partial charge in [0.05, 0.1) is 10.0 Å². The van der Waals surface area contributed by atoms with E-state index < -0.39 is 6.04 Å². The maximum atomic E-state index is 13.0. The third kappa shape index (κ3) is 7.86. The van der Waals surface area contributed by atoms with Crippen LogP contribution in [0.2, 0.25) is 10.0 Å². The molecule has 0 aromatic heterocycles. The van der Waals surface area contributed by atoms with Crippen LogP contribution in [0.25, 0.3) is 0 Å². The van der Waals surface area contributed by atoms with Crippen molar-refractivity contribution in [2.24, 2.45) is 5.92 Å². The Bertz CT molecular complexity index is 846. The van der Waals surface area contributed by atoms with Crippen LogP contribution < -0.4 is 5.32 Å². The minimum Gasteiger partial charge on any atom is -0.354 e. The average Bonchev–Trinajstić information content (AvgIpc) is 2.72. The summed E-state index contributed by atoms with van der Waals surface area (Å²) in [4.78, 5) is 28.4. The number of hydrogen-bond donors (Lipinski definition) is 1. The second-order valence-corrected chi connectivity index (χ2v) is 9.48. The average molecular weight is 467 g/mol. The Morgan fingerprint density at radius 3 is 2.37 bits per heavy atom. The van der Waals surface area contributed by atoms with E-state index >= 15 is 0 Å². The van der Waals surface area contributed by atoms with Crippen LogP contribution in [0.1, 0.15) is 32.8 Å². The second kappa shape index (κ2) is 12.2. The fraction of sp³-hybridized carbons (Fsp3) is 0.391. The highest BCUT2D eigenvalue weighted by atomic mass is 35.5. The van der Waals surface area contributed by atoms with Gasteiger partial charge in [-0.15, -0.1) is 11.8 Å². The van der Waals surface area contributed by atoms with Crippen molar-refractivity contribution in [2.75, 3.05) is 12.3 Å². The van der Waals surface area contributed by atoms with Crippen LogP contribution in [0.3, 0.4) is 0 Å². The molecule has 0 heterocycles. The van der Waals surface area contributed by atoms with Gasteiger partial charge in [-0.05, 0) is 42.7 Å². The first-order valence-electron chi connectivity index (χ1n) is 9.97. The van der Waals surface area contributed by atoms with Gasteiger partial charge in [-0.25, -0.2) is 0 Å². The fourth-order valence-electron chi connectivity index (χ4n) is 2.79. The largest absolute Gasteiger partial charge is 0.354 e. The topological polar surface area (TPSA) is 49.4 Å². The first-order chi connectivity index (χ1) is 14.3.